The lowest BCUT2D eigenvalue weighted by molar-refractivity contribution is -0.150. The van der Waals surface area contributed by atoms with Crippen LogP contribution >= 0.6 is 10.8 Å². The Morgan fingerprint density at radius 1 is 1.11 bits per heavy atom. The van der Waals surface area contributed by atoms with Gasteiger partial charge < -0.3 is 20.5 Å². The van der Waals surface area contributed by atoms with Crippen molar-refractivity contribution in [2.45, 2.75) is 76.1 Å². The molecule has 0 aliphatic carbocycles. The van der Waals surface area contributed by atoms with Gasteiger partial charge in [-0.25, -0.2) is 9.00 Å². The second-order valence-corrected chi connectivity index (χ2v) is 12.8. The van der Waals surface area contributed by atoms with E-state index in [-0.39, 0.29) is 29.9 Å². The van der Waals surface area contributed by atoms with Crippen molar-refractivity contribution in [1.29, 1.82) is 0 Å². The molecule has 0 bridgehead atoms. The number of rotatable bonds is 15. The van der Waals surface area contributed by atoms with Gasteiger partial charge in [-0.2, -0.15) is 0 Å². The fourth-order valence-corrected chi connectivity index (χ4v) is 7.44. The van der Waals surface area contributed by atoms with E-state index in [4.69, 9.17) is 4.74 Å². The van der Waals surface area contributed by atoms with Gasteiger partial charge in [0.2, 0.25) is 11.8 Å². The van der Waals surface area contributed by atoms with Crippen LogP contribution in [0.15, 0.2) is 24.3 Å². The maximum absolute atomic E-state index is 13.1. The summed E-state index contributed by atoms with van der Waals surface area (Å²) in [7, 11) is 2.16. The summed E-state index contributed by atoms with van der Waals surface area (Å²) in [5.41, 5.74) is 0.654. The number of aliphatic carboxylic acids is 1. The van der Waals surface area contributed by atoms with E-state index < -0.39 is 39.6 Å². The number of carboxylic acids is 1. The number of carbonyl (C=O) groups is 4. The Morgan fingerprint density at radius 3 is 2.36 bits per heavy atom. The quantitative estimate of drug-likeness (QED) is 0.175. The number of methoxy groups -OCH3 is 1. The molecule has 36 heavy (non-hydrogen) atoms. The van der Waals surface area contributed by atoms with Crippen molar-refractivity contribution in [3.8, 4) is 5.75 Å². The number of nitrogens with one attached hydrogen (secondary N) is 2. The Hall–Kier alpha value is -2.40. The van der Waals surface area contributed by atoms with Crippen LogP contribution in [-0.4, -0.2) is 63.1 Å². The first-order chi connectivity index (χ1) is 17.1. The Morgan fingerprint density at radius 2 is 1.81 bits per heavy atom. The van der Waals surface area contributed by atoms with Gasteiger partial charge in [-0.1, -0.05) is 43.2 Å². The Balaban J connectivity index is 1.97. The van der Waals surface area contributed by atoms with Crippen molar-refractivity contribution in [1.82, 2.24) is 10.6 Å². The molecule has 4 atom stereocenters. The summed E-state index contributed by atoms with van der Waals surface area (Å²) in [6, 6.07) is 4.59. The molecule has 2 rings (SSSR count). The predicted octanol–water partition coefficient (Wildman–Crippen LogP) is 2.64. The van der Waals surface area contributed by atoms with Crippen molar-refractivity contribution in [3.63, 3.8) is 0 Å². The molecule has 200 valence electrons. The van der Waals surface area contributed by atoms with Crippen LogP contribution in [0.2, 0.25) is 0 Å². The van der Waals surface area contributed by atoms with Gasteiger partial charge in [0.25, 0.3) is 5.78 Å². The molecule has 0 aromatic heterocycles. The molecule has 1 aliphatic rings. The molecule has 0 radical (unpaired) electrons. The van der Waals surface area contributed by atoms with Crippen LogP contribution in [0.1, 0.15) is 57.9 Å². The van der Waals surface area contributed by atoms with E-state index in [2.05, 4.69) is 10.6 Å². The highest BCUT2D eigenvalue weighted by atomic mass is 33.1. The van der Waals surface area contributed by atoms with Crippen LogP contribution in [0.3, 0.4) is 0 Å². The molecular formula is C25H36N2O7S2. The van der Waals surface area contributed by atoms with E-state index in [1.807, 2.05) is 13.8 Å². The van der Waals surface area contributed by atoms with Gasteiger partial charge in [0.15, 0.2) is 0 Å². The maximum atomic E-state index is 13.1. The first kappa shape index (κ1) is 29.8. The Labute approximate surface area is 218 Å². The summed E-state index contributed by atoms with van der Waals surface area (Å²) in [5, 5.41) is 14.7. The monoisotopic (exact) mass is 540 g/mol. The fraction of sp³-hybridized carbons (Fsp3) is 0.600. The molecular weight excluding hydrogens is 504 g/mol. The van der Waals surface area contributed by atoms with Crippen molar-refractivity contribution >= 4 is 44.2 Å². The summed E-state index contributed by atoms with van der Waals surface area (Å²) in [6.07, 6.45) is 3.72. The van der Waals surface area contributed by atoms with Crippen molar-refractivity contribution in [3.05, 3.63) is 29.8 Å². The number of carboxylic acid groups (broad SMARTS) is 1. The highest BCUT2D eigenvalue weighted by Crippen LogP contribution is 2.29. The third-order valence-corrected chi connectivity index (χ3v) is 9.56. The van der Waals surface area contributed by atoms with Crippen LogP contribution in [0.4, 0.5) is 0 Å². The Bertz CT molecular complexity index is 937. The SMILES string of the molecule is COc1ccc(C[C@H](NC(=O)[C@H](CC(C)C)NC(=O)CCCCC2CCSS2=O)C(=O)C(=O)O)cc1. The minimum absolute atomic E-state index is 0.00988. The minimum atomic E-state index is -1.64. The minimum Gasteiger partial charge on any atom is -0.497 e. The lowest BCUT2D eigenvalue weighted by Gasteiger charge is -2.23. The summed E-state index contributed by atoms with van der Waals surface area (Å²) in [5.74, 6) is -2.05. The summed E-state index contributed by atoms with van der Waals surface area (Å²) >= 11 is 0. The zero-order valence-corrected chi connectivity index (χ0v) is 22.6. The van der Waals surface area contributed by atoms with E-state index in [1.54, 1.807) is 24.3 Å². The molecule has 0 saturated carbocycles. The smallest absolute Gasteiger partial charge is 0.374 e. The zero-order chi connectivity index (χ0) is 26.7. The van der Waals surface area contributed by atoms with Crippen LogP contribution in [0, 0.1) is 5.92 Å². The second-order valence-electron chi connectivity index (χ2n) is 9.27. The first-order valence-electron chi connectivity index (χ1n) is 12.1. The van der Waals surface area contributed by atoms with Gasteiger partial charge in [0.1, 0.15) is 17.8 Å². The average Bonchev–Trinajstić information content (AvgIpc) is 3.25. The number of ketones is 1. The predicted molar refractivity (Wildman–Crippen MR) is 140 cm³/mol. The molecule has 11 heteroatoms. The van der Waals surface area contributed by atoms with Crippen molar-refractivity contribution in [2.24, 2.45) is 5.92 Å². The Kier molecular flexibility index (Phi) is 12.4. The lowest BCUT2D eigenvalue weighted by atomic mass is 9.99. The average molecular weight is 541 g/mol. The number of amides is 2. The van der Waals surface area contributed by atoms with Crippen LogP contribution in [-0.2, 0) is 35.4 Å². The van der Waals surface area contributed by atoms with Gasteiger partial charge in [-0.15, -0.1) is 0 Å². The van der Waals surface area contributed by atoms with E-state index in [0.29, 0.717) is 24.2 Å². The molecule has 9 nitrogen and oxygen atoms in total. The second kappa shape index (κ2) is 15.0. The highest BCUT2D eigenvalue weighted by molar-refractivity contribution is 8.69. The topological polar surface area (TPSA) is 139 Å². The van der Waals surface area contributed by atoms with Gasteiger partial charge in [0, 0.05) is 23.8 Å². The molecule has 1 fully saturated rings. The van der Waals surface area contributed by atoms with E-state index >= 15 is 0 Å². The molecule has 1 aliphatic heterocycles. The zero-order valence-electron chi connectivity index (χ0n) is 21.0. The standard InChI is InChI=1S/C25H36N2O7S2/c1-16(2)14-21(26-22(28)7-5-4-6-19-12-13-35-36(19)33)24(30)27-20(23(29)25(31)32)15-17-8-10-18(34-3)11-9-17/h8-11,16,19-21H,4-7,12-15H2,1-3H3,(H,26,28)(H,27,30)(H,31,32)/t19?,20-,21-,36?/m0/s1. The molecule has 2 unspecified atom stereocenters. The number of carbonyl (C=O) groups excluding carboxylic acids is 3. The first-order valence-corrected chi connectivity index (χ1v) is 14.9. The van der Waals surface area contributed by atoms with Gasteiger partial charge in [0.05, 0.1) is 16.9 Å². The summed E-state index contributed by atoms with van der Waals surface area (Å²) in [6.45, 7) is 3.81. The largest absolute Gasteiger partial charge is 0.497 e. The van der Waals surface area contributed by atoms with Crippen LogP contribution in [0.5, 0.6) is 5.75 Å². The number of hydrogen-bond acceptors (Lipinski definition) is 7. The van der Waals surface area contributed by atoms with Crippen LogP contribution in [0.25, 0.3) is 0 Å². The summed E-state index contributed by atoms with van der Waals surface area (Å²) in [4.78, 5) is 49.3. The molecule has 2 amide bonds. The molecule has 0 spiro atoms. The third-order valence-electron chi connectivity index (χ3n) is 5.89. The van der Waals surface area contributed by atoms with E-state index in [1.165, 1.54) is 17.9 Å². The van der Waals surface area contributed by atoms with Gasteiger partial charge >= 0.3 is 5.97 Å². The van der Waals surface area contributed by atoms with E-state index in [9.17, 15) is 28.5 Å². The molecule has 3 N–H and O–H groups in total. The summed E-state index contributed by atoms with van der Waals surface area (Å²) < 4.78 is 16.9. The lowest BCUT2D eigenvalue weighted by Crippen LogP contribution is -2.53. The van der Waals surface area contributed by atoms with Crippen molar-refractivity contribution in [2.75, 3.05) is 12.9 Å². The van der Waals surface area contributed by atoms with Crippen LogP contribution < -0.4 is 15.4 Å². The van der Waals surface area contributed by atoms with Crippen molar-refractivity contribution < 1.29 is 33.2 Å². The highest BCUT2D eigenvalue weighted by Gasteiger charge is 2.30. The fourth-order valence-electron chi connectivity index (χ4n) is 3.95. The normalized spacial score (nSPS) is 18.9. The third kappa shape index (κ3) is 9.93. The van der Waals surface area contributed by atoms with E-state index in [0.717, 1.165) is 25.0 Å². The van der Waals surface area contributed by atoms with Gasteiger partial charge in [-0.3, -0.25) is 14.4 Å². The number of benzene rings is 1. The molecule has 1 aromatic carbocycles. The number of unbranched alkanes of at least 4 members (excludes halogenated alkanes) is 1. The van der Waals surface area contributed by atoms with Gasteiger partial charge in [-0.05, 0) is 49.3 Å². The number of Topliss-reactive ketones (excluding diaryl/α,β-unsaturated/α-hetero) is 1. The molecule has 1 aromatic rings. The molecule has 1 heterocycles. The number of ether oxygens (including phenoxy) is 1. The molecule has 1 saturated heterocycles. The maximum Gasteiger partial charge on any atom is 0.374 e. The number of hydrogen-bond donors (Lipinski definition) is 3.